The minimum atomic E-state index is 0.144. The third-order valence-electron chi connectivity index (χ3n) is 2.04. The zero-order valence-corrected chi connectivity index (χ0v) is 8.20. The van der Waals surface area contributed by atoms with Gasteiger partial charge >= 0.3 is 0 Å². The van der Waals surface area contributed by atoms with E-state index in [0.29, 0.717) is 0 Å². The first-order valence-corrected chi connectivity index (χ1v) is 5.70. The molecule has 11 heavy (non-hydrogen) atoms. The smallest absolute Gasteiger partial charge is 0.00770 e. The van der Waals surface area contributed by atoms with E-state index in [9.17, 15) is 0 Å². The maximum absolute atomic E-state index is 3.67. The maximum Gasteiger partial charge on any atom is -0.00770 e. The molecular weight excluding hydrogens is 151 g/mol. The van der Waals surface area contributed by atoms with E-state index in [1.54, 1.807) is 11.1 Å². The lowest BCUT2D eigenvalue weighted by atomic mass is 10.2. The van der Waals surface area contributed by atoms with Gasteiger partial charge in [0, 0.05) is 0 Å². The summed E-state index contributed by atoms with van der Waals surface area (Å²) in [6.45, 7) is 8.17. The van der Waals surface area contributed by atoms with Gasteiger partial charge in [-0.25, -0.2) is 0 Å². The van der Waals surface area contributed by atoms with E-state index in [-0.39, 0.29) is 7.92 Å². The lowest BCUT2D eigenvalue weighted by molar-refractivity contribution is 1.29. The largest absolute Gasteiger partial charge is 0.0991 e. The molecule has 0 aromatic carbocycles. The van der Waals surface area contributed by atoms with Crippen molar-refractivity contribution in [2.45, 2.75) is 13.8 Å². The normalized spacial score (nSPS) is 20.2. The van der Waals surface area contributed by atoms with Crippen LogP contribution in [0.4, 0.5) is 0 Å². The average molecular weight is 166 g/mol. The number of hydrogen-bond donors (Lipinski definition) is 0. The van der Waals surface area contributed by atoms with Gasteiger partial charge in [0.25, 0.3) is 0 Å². The Labute approximate surface area is 70.4 Å². The van der Waals surface area contributed by atoms with Gasteiger partial charge in [-0.3, -0.25) is 0 Å². The van der Waals surface area contributed by atoms with Gasteiger partial charge in [0.15, 0.2) is 0 Å². The van der Waals surface area contributed by atoms with Gasteiger partial charge in [0.05, 0.1) is 0 Å². The zero-order chi connectivity index (χ0) is 8.27. The predicted octanol–water partition coefficient (Wildman–Crippen LogP) is 3.52. The molecule has 0 radical (unpaired) electrons. The summed E-state index contributed by atoms with van der Waals surface area (Å²) in [6.07, 6.45) is 6.57. The SMILES string of the molecule is C=C/C=C/P1CC(C)=C(C)C1. The summed E-state index contributed by atoms with van der Waals surface area (Å²) in [6, 6.07) is 0. The van der Waals surface area contributed by atoms with Crippen molar-refractivity contribution in [1.82, 2.24) is 0 Å². The third-order valence-corrected chi connectivity index (χ3v) is 4.40. The highest BCUT2D eigenvalue weighted by molar-refractivity contribution is 7.61. The molecule has 0 aromatic rings. The van der Waals surface area contributed by atoms with Crippen LogP contribution in [0.2, 0.25) is 0 Å². The quantitative estimate of drug-likeness (QED) is 0.334. The second kappa shape index (κ2) is 3.88. The minimum Gasteiger partial charge on any atom is -0.0991 e. The molecular formula is C10H15P. The van der Waals surface area contributed by atoms with Crippen molar-refractivity contribution in [1.29, 1.82) is 0 Å². The lowest BCUT2D eigenvalue weighted by Crippen LogP contribution is -1.74. The standard InChI is InChI=1S/C10H15P/c1-4-5-6-11-7-9(2)10(3)8-11/h4-6H,1,7-8H2,2-3H3/b6-5+. The minimum absolute atomic E-state index is 0.144. The first-order valence-electron chi connectivity index (χ1n) is 3.92. The van der Waals surface area contributed by atoms with Crippen LogP contribution in [0.25, 0.3) is 0 Å². The average Bonchev–Trinajstić information content (AvgIpc) is 2.28. The van der Waals surface area contributed by atoms with Crippen molar-refractivity contribution in [2.75, 3.05) is 12.3 Å². The zero-order valence-electron chi connectivity index (χ0n) is 7.30. The third kappa shape index (κ3) is 2.31. The highest BCUT2D eigenvalue weighted by atomic mass is 31.1. The van der Waals surface area contributed by atoms with Crippen molar-refractivity contribution >= 4 is 7.92 Å². The Kier molecular flexibility index (Phi) is 3.08. The molecule has 0 bridgehead atoms. The van der Waals surface area contributed by atoms with Crippen LogP contribution in [0.1, 0.15) is 13.8 Å². The van der Waals surface area contributed by atoms with Crippen molar-refractivity contribution < 1.29 is 0 Å². The van der Waals surface area contributed by atoms with E-state index in [4.69, 9.17) is 0 Å². The summed E-state index contributed by atoms with van der Waals surface area (Å²) in [5.41, 5.74) is 3.20. The lowest BCUT2D eigenvalue weighted by Gasteiger charge is -2.01. The Hall–Kier alpha value is -0.350. The molecule has 1 rings (SSSR count). The molecule has 60 valence electrons. The van der Waals surface area contributed by atoms with E-state index in [0.717, 1.165) is 0 Å². The molecule has 1 aliphatic heterocycles. The Morgan fingerprint density at radius 3 is 2.27 bits per heavy atom. The van der Waals surface area contributed by atoms with Crippen LogP contribution >= 0.6 is 7.92 Å². The van der Waals surface area contributed by atoms with Crippen molar-refractivity contribution in [3.8, 4) is 0 Å². The molecule has 0 saturated carbocycles. The summed E-state index contributed by atoms with van der Waals surface area (Å²) in [7, 11) is 0.144. The maximum atomic E-state index is 3.67. The molecule has 0 spiro atoms. The Bertz CT molecular complexity index is 197. The molecule has 0 fully saturated rings. The van der Waals surface area contributed by atoms with Crippen LogP contribution < -0.4 is 0 Å². The van der Waals surface area contributed by atoms with Crippen LogP contribution in [0.15, 0.2) is 35.7 Å². The van der Waals surface area contributed by atoms with E-state index < -0.39 is 0 Å². The van der Waals surface area contributed by atoms with Gasteiger partial charge in [-0.05, 0) is 26.2 Å². The Morgan fingerprint density at radius 1 is 1.27 bits per heavy atom. The van der Waals surface area contributed by atoms with E-state index in [2.05, 4.69) is 32.3 Å². The highest BCUT2D eigenvalue weighted by Gasteiger charge is 2.14. The summed E-state index contributed by atoms with van der Waals surface area (Å²) in [4.78, 5) is 0. The Morgan fingerprint density at radius 2 is 1.82 bits per heavy atom. The molecule has 0 saturated heterocycles. The van der Waals surface area contributed by atoms with Crippen LogP contribution in [0.3, 0.4) is 0 Å². The molecule has 0 aliphatic carbocycles. The number of rotatable bonds is 2. The summed E-state index contributed by atoms with van der Waals surface area (Å²) < 4.78 is 0. The summed E-state index contributed by atoms with van der Waals surface area (Å²) in [5, 5.41) is 0. The number of hydrogen-bond acceptors (Lipinski definition) is 0. The van der Waals surface area contributed by atoms with Crippen LogP contribution in [0.5, 0.6) is 0 Å². The molecule has 0 nitrogen and oxygen atoms in total. The summed E-state index contributed by atoms with van der Waals surface area (Å²) >= 11 is 0. The van der Waals surface area contributed by atoms with Crippen LogP contribution in [-0.4, -0.2) is 12.3 Å². The van der Waals surface area contributed by atoms with E-state index >= 15 is 0 Å². The van der Waals surface area contributed by atoms with E-state index in [1.165, 1.54) is 12.3 Å². The Balaban J connectivity index is 2.47. The fourth-order valence-electron chi connectivity index (χ4n) is 1.22. The van der Waals surface area contributed by atoms with Crippen LogP contribution in [-0.2, 0) is 0 Å². The second-order valence-electron chi connectivity index (χ2n) is 3.04. The van der Waals surface area contributed by atoms with Gasteiger partial charge in [-0.15, -0.1) is 0 Å². The monoisotopic (exact) mass is 166 g/mol. The fourth-order valence-corrected chi connectivity index (χ4v) is 3.67. The topological polar surface area (TPSA) is 0 Å². The summed E-state index contributed by atoms with van der Waals surface area (Å²) in [5.74, 6) is 2.32. The van der Waals surface area contributed by atoms with Crippen molar-refractivity contribution in [3.05, 3.63) is 35.7 Å². The molecule has 0 aromatic heterocycles. The molecule has 1 heteroatoms. The predicted molar refractivity (Wildman–Crippen MR) is 54.4 cm³/mol. The first kappa shape index (κ1) is 8.74. The van der Waals surface area contributed by atoms with Crippen molar-refractivity contribution in [2.24, 2.45) is 0 Å². The molecule has 1 aliphatic rings. The van der Waals surface area contributed by atoms with Gasteiger partial charge in [-0.2, -0.15) is 0 Å². The van der Waals surface area contributed by atoms with Gasteiger partial charge in [0.2, 0.25) is 0 Å². The van der Waals surface area contributed by atoms with Gasteiger partial charge < -0.3 is 0 Å². The molecule has 0 atom stereocenters. The fraction of sp³-hybridized carbons (Fsp3) is 0.400. The van der Waals surface area contributed by atoms with Crippen molar-refractivity contribution in [3.63, 3.8) is 0 Å². The molecule has 0 amide bonds. The molecule has 1 heterocycles. The molecule has 0 unspecified atom stereocenters. The van der Waals surface area contributed by atoms with E-state index in [1.807, 2.05) is 6.08 Å². The first-order chi connectivity index (χ1) is 5.24. The molecule has 0 N–H and O–H groups in total. The second-order valence-corrected chi connectivity index (χ2v) is 5.15. The van der Waals surface area contributed by atoms with Crippen LogP contribution in [0, 0.1) is 0 Å². The highest BCUT2D eigenvalue weighted by Crippen LogP contribution is 2.46. The number of allylic oxidation sites excluding steroid dienone is 4. The van der Waals surface area contributed by atoms with Gasteiger partial charge in [0.1, 0.15) is 0 Å². The van der Waals surface area contributed by atoms with Gasteiger partial charge in [-0.1, -0.05) is 43.6 Å².